The van der Waals surface area contributed by atoms with Crippen LogP contribution in [0, 0.1) is 0 Å². The minimum atomic E-state index is -0.118. The van der Waals surface area contributed by atoms with Gasteiger partial charge in [0.15, 0.2) is 5.82 Å². The van der Waals surface area contributed by atoms with Crippen LogP contribution in [0.25, 0.3) is 0 Å². The summed E-state index contributed by atoms with van der Waals surface area (Å²) in [6, 6.07) is 7.12. The van der Waals surface area contributed by atoms with Gasteiger partial charge in [-0.1, -0.05) is 11.6 Å². The first-order valence-corrected chi connectivity index (χ1v) is 5.84. The molecule has 0 saturated carbocycles. The van der Waals surface area contributed by atoms with Gasteiger partial charge in [0.05, 0.1) is 0 Å². The predicted octanol–water partition coefficient (Wildman–Crippen LogP) is 2.41. The highest BCUT2D eigenvalue weighted by atomic mass is 35.5. The molecule has 7 heteroatoms. The molecule has 0 bridgehead atoms. The Morgan fingerprint density at radius 1 is 1.21 bits per heavy atom. The number of hydrogen-bond donors (Lipinski definition) is 3. The molecule has 0 unspecified atom stereocenters. The summed E-state index contributed by atoms with van der Waals surface area (Å²) in [6.45, 7) is 1.45. The van der Waals surface area contributed by atoms with Crippen LogP contribution < -0.4 is 16.4 Å². The maximum Gasteiger partial charge on any atom is 0.221 e. The molecule has 1 aromatic carbocycles. The summed E-state index contributed by atoms with van der Waals surface area (Å²) in [5.41, 5.74) is 7.07. The van der Waals surface area contributed by atoms with Crippen molar-refractivity contribution in [3.8, 4) is 0 Å². The van der Waals surface area contributed by atoms with Gasteiger partial charge in [-0.15, -0.1) is 0 Å². The fraction of sp³-hybridized carbons (Fsp3) is 0.0833. The van der Waals surface area contributed by atoms with Crippen LogP contribution in [0.5, 0.6) is 0 Å². The van der Waals surface area contributed by atoms with E-state index in [0.29, 0.717) is 11.5 Å². The van der Waals surface area contributed by atoms with Crippen LogP contribution in [-0.4, -0.2) is 15.9 Å². The zero-order chi connectivity index (χ0) is 13.8. The Hall–Kier alpha value is -2.34. The molecule has 1 heterocycles. The van der Waals surface area contributed by atoms with Crippen LogP contribution in [0.2, 0.25) is 5.02 Å². The summed E-state index contributed by atoms with van der Waals surface area (Å²) in [6.07, 6.45) is 1.33. The molecule has 0 atom stereocenters. The monoisotopic (exact) mass is 277 g/mol. The van der Waals surface area contributed by atoms with Gasteiger partial charge in [-0.3, -0.25) is 4.79 Å². The molecule has 0 aliphatic carbocycles. The highest BCUT2D eigenvalue weighted by Gasteiger charge is 2.06. The lowest BCUT2D eigenvalue weighted by Crippen LogP contribution is -2.05. The maximum absolute atomic E-state index is 10.9. The van der Waals surface area contributed by atoms with Gasteiger partial charge >= 0.3 is 0 Å². The number of rotatable bonds is 3. The minimum Gasteiger partial charge on any atom is -0.382 e. The second-order valence-corrected chi connectivity index (χ2v) is 4.18. The molecule has 1 aromatic heterocycles. The zero-order valence-corrected chi connectivity index (χ0v) is 10.9. The average Bonchev–Trinajstić information content (AvgIpc) is 2.37. The predicted molar refractivity (Wildman–Crippen MR) is 75.5 cm³/mol. The molecular weight excluding hydrogens is 266 g/mol. The molecule has 0 saturated heterocycles. The first-order chi connectivity index (χ1) is 9.06. The number of aromatic nitrogens is 2. The number of anilines is 4. The van der Waals surface area contributed by atoms with E-state index in [1.54, 1.807) is 24.3 Å². The molecule has 4 N–H and O–H groups in total. The molecule has 0 aliphatic rings. The first kappa shape index (κ1) is 13.1. The van der Waals surface area contributed by atoms with E-state index in [0.717, 1.165) is 5.69 Å². The number of carbonyl (C=O) groups excluding carboxylic acids is 1. The third-order valence-corrected chi connectivity index (χ3v) is 2.66. The summed E-state index contributed by atoms with van der Waals surface area (Å²) < 4.78 is 0. The molecule has 98 valence electrons. The Labute approximate surface area is 115 Å². The normalized spacial score (nSPS) is 10.0. The largest absolute Gasteiger partial charge is 0.382 e. The Balaban J connectivity index is 2.15. The van der Waals surface area contributed by atoms with Crippen molar-refractivity contribution >= 4 is 40.5 Å². The number of nitrogens with two attached hydrogens (primary N) is 1. The van der Waals surface area contributed by atoms with Crippen molar-refractivity contribution in [2.75, 3.05) is 16.4 Å². The highest BCUT2D eigenvalue weighted by molar-refractivity contribution is 6.35. The van der Waals surface area contributed by atoms with Crippen LogP contribution in [0.1, 0.15) is 6.92 Å². The van der Waals surface area contributed by atoms with Gasteiger partial charge in [-0.05, 0) is 24.3 Å². The maximum atomic E-state index is 10.9. The van der Waals surface area contributed by atoms with Crippen LogP contribution in [0.15, 0.2) is 30.6 Å². The Kier molecular flexibility index (Phi) is 3.82. The van der Waals surface area contributed by atoms with Gasteiger partial charge in [0.1, 0.15) is 17.2 Å². The molecule has 6 nitrogen and oxygen atoms in total. The van der Waals surface area contributed by atoms with Crippen LogP contribution in [-0.2, 0) is 4.79 Å². The molecule has 0 aliphatic heterocycles. The number of benzene rings is 1. The quantitative estimate of drug-likeness (QED) is 0.801. The van der Waals surface area contributed by atoms with Gasteiger partial charge in [-0.2, -0.15) is 0 Å². The topological polar surface area (TPSA) is 92.9 Å². The van der Waals surface area contributed by atoms with E-state index >= 15 is 0 Å². The summed E-state index contributed by atoms with van der Waals surface area (Å²) in [4.78, 5) is 18.7. The van der Waals surface area contributed by atoms with Crippen molar-refractivity contribution in [1.82, 2.24) is 9.97 Å². The third-order valence-electron chi connectivity index (χ3n) is 2.28. The fourth-order valence-corrected chi connectivity index (χ4v) is 1.59. The summed E-state index contributed by atoms with van der Waals surface area (Å²) in [5, 5.41) is 5.97. The zero-order valence-electron chi connectivity index (χ0n) is 10.1. The van der Waals surface area contributed by atoms with Crippen molar-refractivity contribution in [2.45, 2.75) is 6.92 Å². The van der Waals surface area contributed by atoms with Gasteiger partial charge < -0.3 is 16.4 Å². The lowest BCUT2D eigenvalue weighted by Gasteiger charge is -2.09. The van der Waals surface area contributed by atoms with E-state index in [1.807, 2.05) is 0 Å². The van der Waals surface area contributed by atoms with Crippen molar-refractivity contribution < 1.29 is 4.79 Å². The summed E-state index contributed by atoms with van der Waals surface area (Å²) in [7, 11) is 0. The fourth-order valence-electron chi connectivity index (χ4n) is 1.45. The number of nitrogens with zero attached hydrogens (tertiary/aromatic N) is 2. The molecule has 2 aromatic rings. The molecule has 0 radical (unpaired) electrons. The molecule has 0 fully saturated rings. The summed E-state index contributed by atoms with van der Waals surface area (Å²) >= 11 is 5.97. The number of nitrogens with one attached hydrogen (secondary N) is 2. The third kappa shape index (κ3) is 3.32. The van der Waals surface area contributed by atoms with Crippen LogP contribution in [0.3, 0.4) is 0 Å². The first-order valence-electron chi connectivity index (χ1n) is 5.47. The van der Waals surface area contributed by atoms with Crippen molar-refractivity contribution in [2.24, 2.45) is 0 Å². The number of halogens is 1. The second-order valence-electron chi connectivity index (χ2n) is 3.81. The van der Waals surface area contributed by atoms with Gasteiger partial charge in [0.25, 0.3) is 0 Å². The van der Waals surface area contributed by atoms with E-state index in [4.69, 9.17) is 17.3 Å². The Morgan fingerprint density at radius 3 is 2.47 bits per heavy atom. The molecular formula is C12H12ClN5O. The van der Waals surface area contributed by atoms with E-state index in [1.165, 1.54) is 13.3 Å². The molecule has 2 rings (SSSR count). The lowest BCUT2D eigenvalue weighted by atomic mass is 10.2. The van der Waals surface area contributed by atoms with Crippen LogP contribution >= 0.6 is 11.6 Å². The van der Waals surface area contributed by atoms with Crippen LogP contribution in [0.4, 0.5) is 23.0 Å². The van der Waals surface area contributed by atoms with E-state index in [-0.39, 0.29) is 16.7 Å². The van der Waals surface area contributed by atoms with Gasteiger partial charge in [0.2, 0.25) is 5.91 Å². The molecule has 19 heavy (non-hydrogen) atoms. The van der Waals surface area contributed by atoms with Crippen molar-refractivity contribution in [3.05, 3.63) is 35.6 Å². The van der Waals surface area contributed by atoms with E-state index in [2.05, 4.69) is 20.6 Å². The number of amides is 1. The number of nitrogen functional groups attached to an aromatic ring is 1. The highest BCUT2D eigenvalue weighted by Crippen LogP contribution is 2.26. The summed E-state index contributed by atoms with van der Waals surface area (Å²) in [5.74, 6) is 0.530. The minimum absolute atomic E-state index is 0.118. The lowest BCUT2D eigenvalue weighted by molar-refractivity contribution is -0.114. The Bertz CT molecular complexity index is 600. The van der Waals surface area contributed by atoms with E-state index in [9.17, 15) is 4.79 Å². The van der Waals surface area contributed by atoms with Gasteiger partial charge in [-0.25, -0.2) is 9.97 Å². The van der Waals surface area contributed by atoms with Crippen molar-refractivity contribution in [1.29, 1.82) is 0 Å². The standard InChI is InChI=1S/C12H12ClN5O/c1-7(19)17-8-2-4-9(5-3-8)18-12-10(13)11(14)15-6-16-12/h2-6H,1H3,(H,17,19)(H3,14,15,16,18). The smallest absolute Gasteiger partial charge is 0.221 e. The SMILES string of the molecule is CC(=O)Nc1ccc(Nc2ncnc(N)c2Cl)cc1. The molecule has 1 amide bonds. The van der Waals surface area contributed by atoms with E-state index < -0.39 is 0 Å². The Morgan fingerprint density at radius 2 is 1.84 bits per heavy atom. The second kappa shape index (κ2) is 5.53. The number of carbonyl (C=O) groups is 1. The molecule has 0 spiro atoms. The number of hydrogen-bond acceptors (Lipinski definition) is 5. The van der Waals surface area contributed by atoms with Gasteiger partial charge in [0, 0.05) is 18.3 Å². The van der Waals surface area contributed by atoms with Crippen molar-refractivity contribution in [3.63, 3.8) is 0 Å². The average molecular weight is 278 g/mol.